The Morgan fingerprint density at radius 3 is 2.38 bits per heavy atom. The summed E-state index contributed by atoms with van der Waals surface area (Å²) in [4.78, 5) is 8.37. The van der Waals surface area contributed by atoms with Crippen LogP contribution in [0.25, 0.3) is 0 Å². The number of nitrogens with two attached hydrogens (primary N) is 1. The molecule has 1 heterocycles. The second-order valence-corrected chi connectivity index (χ2v) is 5.86. The van der Waals surface area contributed by atoms with E-state index in [1.165, 1.54) is 6.33 Å². The number of aryl methyl sites for hydroxylation is 3. The highest BCUT2D eigenvalue weighted by Crippen LogP contribution is 2.31. The van der Waals surface area contributed by atoms with Gasteiger partial charge in [-0.2, -0.15) is 4.98 Å². The molecule has 2 aromatic carbocycles. The predicted molar refractivity (Wildman–Crippen MR) is 96.9 cm³/mol. The third kappa shape index (κ3) is 3.63. The van der Waals surface area contributed by atoms with E-state index in [2.05, 4.69) is 21.4 Å². The molecule has 0 unspecified atom stereocenters. The Hall–Kier alpha value is -3.08. The Morgan fingerprint density at radius 1 is 0.917 bits per heavy atom. The topological polar surface area (TPSA) is 73.1 Å². The molecule has 0 aliphatic carbocycles. The van der Waals surface area contributed by atoms with Gasteiger partial charge in [-0.25, -0.2) is 4.98 Å². The van der Waals surface area contributed by atoms with E-state index in [9.17, 15) is 0 Å². The van der Waals surface area contributed by atoms with E-state index < -0.39 is 0 Å². The first-order valence-electron chi connectivity index (χ1n) is 7.71. The quantitative estimate of drug-likeness (QED) is 0.739. The maximum atomic E-state index is 6.18. The van der Waals surface area contributed by atoms with E-state index in [1.54, 1.807) is 0 Å². The minimum absolute atomic E-state index is 0.338. The second-order valence-electron chi connectivity index (χ2n) is 5.86. The average Bonchev–Trinajstić information content (AvgIpc) is 2.50. The number of rotatable bonds is 4. The van der Waals surface area contributed by atoms with Crippen molar-refractivity contribution in [2.75, 3.05) is 11.1 Å². The standard InChI is InChI=1S/C19H20N4O/c1-12-5-4-6-15(8-12)23-18-17(20)19(22-11-21-18)24-16-9-13(2)7-14(3)10-16/h4-11H,20H2,1-3H3,(H,21,22,23). The molecule has 3 N–H and O–H groups in total. The Bertz CT molecular complexity index is 857. The molecule has 0 aliphatic heterocycles. The lowest BCUT2D eigenvalue weighted by Gasteiger charge is -2.12. The van der Waals surface area contributed by atoms with Crippen molar-refractivity contribution < 1.29 is 4.74 Å². The lowest BCUT2D eigenvalue weighted by molar-refractivity contribution is 0.464. The van der Waals surface area contributed by atoms with Crippen molar-refractivity contribution in [2.45, 2.75) is 20.8 Å². The summed E-state index contributed by atoms with van der Waals surface area (Å²) in [5, 5.41) is 3.21. The van der Waals surface area contributed by atoms with Gasteiger partial charge in [-0.3, -0.25) is 0 Å². The van der Waals surface area contributed by atoms with Gasteiger partial charge in [0.1, 0.15) is 17.8 Å². The molecule has 122 valence electrons. The van der Waals surface area contributed by atoms with Gasteiger partial charge in [-0.05, 0) is 61.7 Å². The van der Waals surface area contributed by atoms with Gasteiger partial charge in [-0.15, -0.1) is 0 Å². The molecule has 24 heavy (non-hydrogen) atoms. The molecule has 0 saturated heterocycles. The molecule has 0 aliphatic rings. The molecule has 0 saturated carbocycles. The molecule has 1 aromatic heterocycles. The van der Waals surface area contributed by atoms with Crippen molar-refractivity contribution >= 4 is 17.2 Å². The fourth-order valence-electron chi connectivity index (χ4n) is 2.52. The van der Waals surface area contributed by atoms with Crippen molar-refractivity contribution in [1.29, 1.82) is 0 Å². The van der Waals surface area contributed by atoms with Crippen LogP contribution in [0.3, 0.4) is 0 Å². The van der Waals surface area contributed by atoms with Gasteiger partial charge in [0.25, 0.3) is 0 Å². The van der Waals surface area contributed by atoms with E-state index in [0.717, 1.165) is 22.4 Å². The van der Waals surface area contributed by atoms with Crippen molar-refractivity contribution in [3.05, 3.63) is 65.5 Å². The van der Waals surface area contributed by atoms with Gasteiger partial charge >= 0.3 is 0 Å². The molecule has 5 nitrogen and oxygen atoms in total. The third-order valence-corrected chi connectivity index (χ3v) is 3.54. The van der Waals surface area contributed by atoms with Gasteiger partial charge in [0.05, 0.1) is 0 Å². The normalized spacial score (nSPS) is 10.5. The Labute approximate surface area is 141 Å². The Kier molecular flexibility index (Phi) is 4.33. The van der Waals surface area contributed by atoms with Crippen molar-refractivity contribution in [2.24, 2.45) is 0 Å². The Balaban J connectivity index is 1.88. The summed E-state index contributed by atoms with van der Waals surface area (Å²) >= 11 is 0. The summed E-state index contributed by atoms with van der Waals surface area (Å²) in [6, 6.07) is 14.0. The zero-order valence-electron chi connectivity index (χ0n) is 14.0. The van der Waals surface area contributed by atoms with Crippen LogP contribution in [-0.4, -0.2) is 9.97 Å². The number of benzene rings is 2. The summed E-state index contributed by atoms with van der Waals surface area (Å²) < 4.78 is 5.86. The molecule has 5 heteroatoms. The van der Waals surface area contributed by atoms with Crippen LogP contribution < -0.4 is 15.8 Å². The van der Waals surface area contributed by atoms with Crippen LogP contribution in [0.15, 0.2) is 48.8 Å². The summed E-state index contributed by atoms with van der Waals surface area (Å²) in [5.74, 6) is 1.57. The summed E-state index contributed by atoms with van der Waals surface area (Å²) in [5.41, 5.74) is 10.9. The number of aromatic nitrogens is 2. The number of hydrogen-bond acceptors (Lipinski definition) is 5. The molecule has 0 radical (unpaired) electrons. The highest BCUT2D eigenvalue weighted by atomic mass is 16.5. The number of ether oxygens (including phenoxy) is 1. The van der Waals surface area contributed by atoms with Crippen molar-refractivity contribution in [1.82, 2.24) is 9.97 Å². The zero-order valence-corrected chi connectivity index (χ0v) is 14.0. The van der Waals surface area contributed by atoms with Gasteiger partial charge in [0.2, 0.25) is 5.88 Å². The van der Waals surface area contributed by atoms with Gasteiger partial charge in [0.15, 0.2) is 5.82 Å². The number of nitrogens with zero attached hydrogens (tertiary/aromatic N) is 2. The fraction of sp³-hybridized carbons (Fsp3) is 0.158. The fourth-order valence-corrected chi connectivity index (χ4v) is 2.52. The van der Waals surface area contributed by atoms with Crippen molar-refractivity contribution in [3.8, 4) is 11.6 Å². The maximum absolute atomic E-state index is 6.18. The minimum atomic E-state index is 0.338. The summed E-state index contributed by atoms with van der Waals surface area (Å²) in [6.45, 7) is 6.07. The second kappa shape index (κ2) is 6.58. The van der Waals surface area contributed by atoms with E-state index in [4.69, 9.17) is 10.5 Å². The van der Waals surface area contributed by atoms with E-state index >= 15 is 0 Å². The summed E-state index contributed by atoms with van der Waals surface area (Å²) in [7, 11) is 0. The molecular formula is C19H20N4O. The molecule has 0 atom stereocenters. The highest BCUT2D eigenvalue weighted by molar-refractivity contribution is 5.72. The maximum Gasteiger partial charge on any atom is 0.248 e. The smallest absolute Gasteiger partial charge is 0.248 e. The van der Waals surface area contributed by atoms with Crippen LogP contribution in [0.4, 0.5) is 17.2 Å². The molecule has 0 spiro atoms. The van der Waals surface area contributed by atoms with Crippen molar-refractivity contribution in [3.63, 3.8) is 0 Å². The van der Waals surface area contributed by atoms with Crippen LogP contribution >= 0.6 is 0 Å². The first-order chi connectivity index (χ1) is 11.5. The lowest BCUT2D eigenvalue weighted by Crippen LogP contribution is -2.03. The summed E-state index contributed by atoms with van der Waals surface area (Å²) in [6.07, 6.45) is 1.44. The van der Waals surface area contributed by atoms with E-state index in [-0.39, 0.29) is 0 Å². The van der Waals surface area contributed by atoms with Crippen LogP contribution in [-0.2, 0) is 0 Å². The molecular weight excluding hydrogens is 300 g/mol. The van der Waals surface area contributed by atoms with Crippen LogP contribution in [0.2, 0.25) is 0 Å². The van der Waals surface area contributed by atoms with Gasteiger partial charge in [-0.1, -0.05) is 18.2 Å². The van der Waals surface area contributed by atoms with Crippen LogP contribution in [0.5, 0.6) is 11.6 Å². The third-order valence-electron chi connectivity index (χ3n) is 3.54. The zero-order chi connectivity index (χ0) is 17.1. The van der Waals surface area contributed by atoms with E-state index in [1.807, 2.05) is 57.2 Å². The average molecular weight is 320 g/mol. The highest BCUT2D eigenvalue weighted by Gasteiger charge is 2.11. The van der Waals surface area contributed by atoms with E-state index in [0.29, 0.717) is 23.1 Å². The van der Waals surface area contributed by atoms with Gasteiger partial charge < -0.3 is 15.8 Å². The molecule has 3 rings (SSSR count). The first-order valence-corrected chi connectivity index (χ1v) is 7.71. The molecule has 0 amide bonds. The lowest BCUT2D eigenvalue weighted by atomic mass is 10.1. The van der Waals surface area contributed by atoms with Crippen LogP contribution in [0.1, 0.15) is 16.7 Å². The number of nitrogen functional groups attached to an aromatic ring is 1. The Morgan fingerprint density at radius 2 is 1.67 bits per heavy atom. The van der Waals surface area contributed by atoms with Gasteiger partial charge in [0, 0.05) is 5.69 Å². The molecule has 3 aromatic rings. The predicted octanol–water partition coefficient (Wildman–Crippen LogP) is 4.52. The first kappa shape index (κ1) is 15.8. The number of anilines is 3. The molecule has 0 fully saturated rings. The van der Waals surface area contributed by atoms with Crippen LogP contribution in [0, 0.1) is 20.8 Å². The number of nitrogens with one attached hydrogen (secondary N) is 1. The largest absolute Gasteiger partial charge is 0.437 e. The number of hydrogen-bond donors (Lipinski definition) is 2. The minimum Gasteiger partial charge on any atom is -0.437 e. The monoisotopic (exact) mass is 320 g/mol. The molecule has 0 bridgehead atoms. The SMILES string of the molecule is Cc1cccc(Nc2ncnc(Oc3cc(C)cc(C)c3)c2N)c1.